The molecule has 0 unspecified atom stereocenters. The van der Waals surface area contributed by atoms with E-state index in [4.69, 9.17) is 4.42 Å². The number of aryl methyl sites for hydroxylation is 1. The van der Waals surface area contributed by atoms with Crippen LogP contribution in [-0.2, 0) is 39.0 Å². The molecule has 2 aliphatic carbocycles. The van der Waals surface area contributed by atoms with Gasteiger partial charge in [-0.3, -0.25) is 0 Å². The molecule has 0 fully saturated rings. The van der Waals surface area contributed by atoms with Gasteiger partial charge in [-0.2, -0.15) is 0 Å². The first kappa shape index (κ1) is 48.7. The molecule has 0 saturated carbocycles. The highest BCUT2D eigenvalue weighted by molar-refractivity contribution is 6.95. The van der Waals surface area contributed by atoms with Gasteiger partial charge in [-0.15, -0.1) is 0 Å². The maximum absolute atomic E-state index is 7.75. The van der Waals surface area contributed by atoms with Crippen molar-refractivity contribution < 1.29 is 4.42 Å². The van der Waals surface area contributed by atoms with Crippen molar-refractivity contribution in [1.29, 1.82) is 0 Å². The fourth-order valence-electron chi connectivity index (χ4n) is 13.5. The monoisotopic (exact) mass is 973 g/mol. The van der Waals surface area contributed by atoms with E-state index in [1.807, 2.05) is 0 Å². The van der Waals surface area contributed by atoms with E-state index < -0.39 is 0 Å². The normalized spacial score (nSPS) is 17.9. The van der Waals surface area contributed by atoms with Gasteiger partial charge in [-0.05, 0) is 185 Å². The standard InChI is InChI=1S/C70H77BN2O/c1-43-21-19-20-24-50(43)46-35-53-51-29-27-48(66(5,6)7)38-59(51)73(49-28-30-55-56(39-49)68(10,11)32-31-67(55,8)9)71-62(53)60(36-46)72(42-45-25-26-47(65(2,3)4)37-52(45)44-22-17-16-18-23-44)64-63(71)54-40-57-58(41-61(54)74-64)70(14,15)34-33-69(57,12)13/h16-30,35-41H,31-34,42H2,1-15H3. The third kappa shape index (κ3) is 7.65. The number of rotatable bonds is 5. The highest BCUT2D eigenvalue weighted by Gasteiger charge is 2.50. The second-order valence-corrected chi connectivity index (χ2v) is 27.6. The zero-order chi connectivity index (χ0) is 52.2. The third-order valence-electron chi connectivity index (χ3n) is 18.6. The Bertz CT molecular complexity index is 3590. The number of benzene rings is 7. The summed E-state index contributed by atoms with van der Waals surface area (Å²) in [5, 5.41) is 1.23. The van der Waals surface area contributed by atoms with Crippen LogP contribution in [-0.4, -0.2) is 6.85 Å². The van der Waals surface area contributed by atoms with E-state index in [1.165, 1.54) is 118 Å². The summed E-state index contributed by atoms with van der Waals surface area (Å²) in [5.74, 6) is 0.946. The van der Waals surface area contributed by atoms with Gasteiger partial charge in [-0.25, -0.2) is 0 Å². The first-order chi connectivity index (χ1) is 34.8. The number of nitrogens with zero attached hydrogens (tertiary/aromatic N) is 2. The SMILES string of the molecule is Cc1ccccc1-c1cc2c3c(c1)N(Cc1ccc(C(C)(C)C)cc1-c1ccccc1)c1oc4cc5c(cc4c1B3N(c1ccc3c(c1)C(C)(C)CCC3(C)C)c1cc(C(C)(C)C)ccc1-2)C(C)(C)CCC5(C)C. The van der Waals surface area contributed by atoms with E-state index in [-0.39, 0.29) is 39.3 Å². The molecule has 0 N–H and O–H groups in total. The van der Waals surface area contributed by atoms with Crippen molar-refractivity contribution in [3.63, 3.8) is 0 Å². The van der Waals surface area contributed by atoms with Gasteiger partial charge in [0, 0.05) is 33.5 Å². The number of fused-ring (bicyclic) bond motifs is 8. The van der Waals surface area contributed by atoms with E-state index in [2.05, 4.69) is 247 Å². The van der Waals surface area contributed by atoms with E-state index in [1.54, 1.807) is 0 Å². The van der Waals surface area contributed by atoms with Crippen LogP contribution in [0.3, 0.4) is 0 Å². The molecule has 0 bridgehead atoms. The Morgan fingerprint density at radius 1 is 0.486 bits per heavy atom. The molecule has 2 aliphatic heterocycles. The smallest absolute Gasteiger partial charge is 0.337 e. The highest BCUT2D eigenvalue weighted by atomic mass is 16.4. The molecule has 0 atom stereocenters. The second kappa shape index (κ2) is 16.4. The second-order valence-electron chi connectivity index (χ2n) is 27.6. The van der Waals surface area contributed by atoms with Crippen LogP contribution in [0, 0.1) is 6.92 Å². The zero-order valence-electron chi connectivity index (χ0n) is 47.1. The molecule has 4 aliphatic rings. The molecule has 1 aromatic heterocycles. The van der Waals surface area contributed by atoms with Gasteiger partial charge in [-0.1, -0.05) is 188 Å². The number of hydrogen-bond acceptors (Lipinski definition) is 3. The van der Waals surface area contributed by atoms with Crippen LogP contribution in [0.1, 0.15) is 167 Å². The lowest BCUT2D eigenvalue weighted by molar-refractivity contribution is 0.332. The Kier molecular flexibility index (Phi) is 10.8. The van der Waals surface area contributed by atoms with Crippen molar-refractivity contribution in [2.45, 2.75) is 169 Å². The first-order valence-corrected chi connectivity index (χ1v) is 27.7. The Morgan fingerprint density at radius 3 is 1.74 bits per heavy atom. The van der Waals surface area contributed by atoms with Gasteiger partial charge in [0.15, 0.2) is 5.88 Å². The third-order valence-corrected chi connectivity index (χ3v) is 18.6. The average molecular weight is 973 g/mol. The molecule has 0 amide bonds. The molecule has 8 aromatic rings. The topological polar surface area (TPSA) is 19.6 Å². The lowest BCUT2D eigenvalue weighted by Gasteiger charge is -2.46. The van der Waals surface area contributed by atoms with E-state index in [0.29, 0.717) is 6.54 Å². The Labute approximate surface area is 443 Å². The molecular weight excluding hydrogens is 896 g/mol. The summed E-state index contributed by atoms with van der Waals surface area (Å²) in [7, 11) is 0. The van der Waals surface area contributed by atoms with Crippen LogP contribution in [0.25, 0.3) is 44.3 Å². The number of anilines is 4. The first-order valence-electron chi connectivity index (χ1n) is 27.7. The van der Waals surface area contributed by atoms with Gasteiger partial charge in [0.1, 0.15) is 5.58 Å². The summed E-state index contributed by atoms with van der Waals surface area (Å²) in [6, 6.07) is 52.3. The molecule has 12 rings (SSSR count). The molecule has 7 aromatic carbocycles. The summed E-state index contributed by atoms with van der Waals surface area (Å²) in [6.07, 6.45) is 4.62. The zero-order valence-corrected chi connectivity index (χ0v) is 47.1. The minimum absolute atomic E-state index is 0.0137. The van der Waals surface area contributed by atoms with Gasteiger partial charge < -0.3 is 14.1 Å². The summed E-state index contributed by atoms with van der Waals surface area (Å²) in [5.41, 5.74) is 25.9. The molecule has 0 radical (unpaired) electrons. The summed E-state index contributed by atoms with van der Waals surface area (Å²) in [6.45, 7) is 36.4. The van der Waals surface area contributed by atoms with E-state index >= 15 is 0 Å². The van der Waals surface area contributed by atoms with Gasteiger partial charge in [0.05, 0.1) is 6.54 Å². The van der Waals surface area contributed by atoms with Crippen LogP contribution in [0.5, 0.6) is 0 Å². The van der Waals surface area contributed by atoms with Crippen molar-refractivity contribution in [1.82, 2.24) is 0 Å². The van der Waals surface area contributed by atoms with Gasteiger partial charge in [0.25, 0.3) is 0 Å². The van der Waals surface area contributed by atoms with Crippen molar-refractivity contribution in [2.75, 3.05) is 9.71 Å². The quantitative estimate of drug-likeness (QED) is 0.160. The van der Waals surface area contributed by atoms with Crippen LogP contribution in [0.4, 0.5) is 22.9 Å². The maximum atomic E-state index is 7.75. The molecule has 0 saturated heterocycles. The Hall–Kier alpha value is -6.26. The number of hydrogen-bond donors (Lipinski definition) is 0. The van der Waals surface area contributed by atoms with Crippen molar-refractivity contribution in [2.24, 2.45) is 0 Å². The van der Waals surface area contributed by atoms with Crippen LogP contribution < -0.4 is 20.6 Å². The molecule has 0 spiro atoms. The van der Waals surface area contributed by atoms with E-state index in [0.717, 1.165) is 30.7 Å². The van der Waals surface area contributed by atoms with Gasteiger partial charge in [0.2, 0.25) is 0 Å². The average Bonchev–Trinajstić information content (AvgIpc) is 3.77. The van der Waals surface area contributed by atoms with Crippen LogP contribution in [0.15, 0.2) is 138 Å². The predicted octanol–water partition coefficient (Wildman–Crippen LogP) is 17.9. The van der Waals surface area contributed by atoms with Crippen molar-refractivity contribution in [3.8, 4) is 33.4 Å². The van der Waals surface area contributed by atoms with Gasteiger partial charge >= 0.3 is 6.85 Å². The van der Waals surface area contributed by atoms with Crippen LogP contribution >= 0.6 is 0 Å². The molecule has 3 nitrogen and oxygen atoms in total. The predicted molar refractivity (Wildman–Crippen MR) is 318 cm³/mol. The summed E-state index contributed by atoms with van der Waals surface area (Å²) >= 11 is 0. The lowest BCUT2D eigenvalue weighted by atomic mass is 9.43. The largest absolute Gasteiger partial charge is 0.441 e. The summed E-state index contributed by atoms with van der Waals surface area (Å²) < 4.78 is 7.75. The van der Waals surface area contributed by atoms with Crippen molar-refractivity contribution in [3.05, 3.63) is 178 Å². The van der Waals surface area contributed by atoms with Crippen molar-refractivity contribution >= 4 is 51.7 Å². The fraction of sp³-hybridized carbons (Fsp3) is 0.371. The minimum atomic E-state index is -0.187. The molecule has 376 valence electrons. The maximum Gasteiger partial charge on any atom is 0.337 e. The molecule has 4 heteroatoms. The molecule has 74 heavy (non-hydrogen) atoms. The minimum Gasteiger partial charge on any atom is -0.441 e. The van der Waals surface area contributed by atoms with E-state index in [9.17, 15) is 0 Å². The fourth-order valence-corrected chi connectivity index (χ4v) is 13.5. The molecule has 3 heterocycles. The number of furan rings is 1. The highest BCUT2D eigenvalue weighted by Crippen LogP contribution is 2.54. The Morgan fingerprint density at radius 2 is 1.08 bits per heavy atom. The summed E-state index contributed by atoms with van der Waals surface area (Å²) in [4.78, 5) is 5.35. The van der Waals surface area contributed by atoms with Crippen LogP contribution in [0.2, 0.25) is 0 Å². The molecular formula is C70H77BN2O. The Balaban J connectivity index is 1.22. The lowest BCUT2D eigenvalue weighted by Crippen LogP contribution is -2.61.